The van der Waals surface area contributed by atoms with E-state index >= 15 is 0 Å². The van der Waals surface area contributed by atoms with Crippen LogP contribution in [0.1, 0.15) is 33.5 Å². The summed E-state index contributed by atoms with van der Waals surface area (Å²) in [6.45, 7) is 1.33. The largest absolute Gasteiger partial charge is 0.400 e. The fraction of sp³-hybridized carbons (Fsp3) is 0.364. The number of aliphatic imine (C=N–C) groups is 1. The zero-order valence-corrected chi connectivity index (χ0v) is 18.9. The van der Waals surface area contributed by atoms with Crippen molar-refractivity contribution in [1.82, 2.24) is 5.32 Å². The predicted octanol–water partition coefficient (Wildman–Crippen LogP) is 5.84. The Morgan fingerprint density at radius 1 is 1.16 bits per heavy atom. The molecule has 0 spiro atoms. The maximum absolute atomic E-state index is 14.2. The minimum Gasteiger partial charge on any atom is -0.348 e. The Kier molecular flexibility index (Phi) is 6.05. The molecule has 1 fully saturated rings. The maximum atomic E-state index is 14.2. The number of carbonyl (C=O) groups excluding carboxylic acids is 1. The summed E-state index contributed by atoms with van der Waals surface area (Å²) in [6, 6.07) is 9.22. The second-order valence-corrected chi connectivity index (χ2v) is 9.86. The summed E-state index contributed by atoms with van der Waals surface area (Å²) in [4.78, 5) is 16.7. The first-order valence-corrected chi connectivity index (χ1v) is 11.6. The molecule has 0 aromatic heterocycles. The van der Waals surface area contributed by atoms with E-state index in [0.717, 1.165) is 11.5 Å². The average molecular weight is 487 g/mol. The number of nitrogens with zero attached hydrogens (tertiary/aromatic N) is 1. The highest BCUT2D eigenvalue weighted by atomic mass is 35.5. The Morgan fingerprint density at radius 3 is 2.39 bits per heavy atom. The number of rotatable bonds is 4. The SMILES string of the molecule is Cc1cc(C2=NC[C@@](c3cc(Cl)cc(Cl)c3)(C(F)(F)F)C2)ccc1C(=O)NC1CSC1. The van der Waals surface area contributed by atoms with Crippen LogP contribution >= 0.6 is 35.0 Å². The number of hydrogen-bond acceptors (Lipinski definition) is 3. The highest BCUT2D eigenvalue weighted by Gasteiger charge is 2.58. The fourth-order valence-electron chi connectivity index (χ4n) is 3.88. The van der Waals surface area contributed by atoms with Gasteiger partial charge in [-0.15, -0.1) is 0 Å². The van der Waals surface area contributed by atoms with Gasteiger partial charge in [-0.3, -0.25) is 9.79 Å². The van der Waals surface area contributed by atoms with Crippen LogP contribution in [0.25, 0.3) is 0 Å². The van der Waals surface area contributed by atoms with Gasteiger partial charge in [-0.1, -0.05) is 29.3 Å². The van der Waals surface area contributed by atoms with E-state index in [1.54, 1.807) is 36.9 Å². The molecule has 1 atom stereocenters. The molecule has 0 saturated carbocycles. The lowest BCUT2D eigenvalue weighted by Crippen LogP contribution is -2.44. The molecule has 1 N–H and O–H groups in total. The zero-order chi connectivity index (χ0) is 22.4. The standard InChI is InChI=1S/C22H19Cl2F3N2OS/c1-12-4-13(2-3-18(12)20(30)29-17-9-31-10-17)19-8-21(11-28-19,22(25,26)27)14-5-15(23)7-16(24)6-14/h2-7,17H,8-11H2,1H3,(H,29,30)/t21-/m0/s1. The first-order valence-electron chi connectivity index (χ1n) is 9.65. The zero-order valence-electron chi connectivity index (χ0n) is 16.5. The number of benzene rings is 2. The smallest absolute Gasteiger partial charge is 0.348 e. The molecule has 1 amide bonds. The number of carbonyl (C=O) groups is 1. The van der Waals surface area contributed by atoms with Crippen LogP contribution in [0.3, 0.4) is 0 Å². The van der Waals surface area contributed by atoms with Gasteiger partial charge in [-0.2, -0.15) is 24.9 Å². The topological polar surface area (TPSA) is 41.5 Å². The number of aryl methyl sites for hydroxylation is 1. The van der Waals surface area contributed by atoms with Crippen molar-refractivity contribution in [2.45, 2.75) is 31.0 Å². The molecule has 2 aliphatic rings. The minimum absolute atomic E-state index is 0.00216. The van der Waals surface area contributed by atoms with Gasteiger partial charge >= 0.3 is 6.18 Å². The summed E-state index contributed by atoms with van der Waals surface area (Å²) >= 11 is 13.7. The Labute approximate surface area is 192 Å². The fourth-order valence-corrected chi connectivity index (χ4v) is 5.04. The average Bonchev–Trinajstić information content (AvgIpc) is 3.10. The Morgan fingerprint density at radius 2 is 1.84 bits per heavy atom. The van der Waals surface area contributed by atoms with E-state index in [0.29, 0.717) is 22.4 Å². The Bertz CT molecular complexity index is 1050. The molecule has 31 heavy (non-hydrogen) atoms. The molecule has 164 valence electrons. The van der Waals surface area contributed by atoms with E-state index in [1.807, 2.05) is 0 Å². The number of thioether (sulfide) groups is 1. The molecule has 2 heterocycles. The first-order chi connectivity index (χ1) is 14.6. The molecule has 2 aromatic carbocycles. The second kappa shape index (κ2) is 8.34. The molecular formula is C22H19Cl2F3N2OS. The quantitative estimate of drug-likeness (QED) is 0.589. The summed E-state index contributed by atoms with van der Waals surface area (Å²) in [5.74, 6) is 1.63. The van der Waals surface area contributed by atoms with E-state index in [-0.39, 0.29) is 34.0 Å². The minimum atomic E-state index is -4.54. The molecule has 4 rings (SSSR count). The van der Waals surface area contributed by atoms with Crippen LogP contribution < -0.4 is 5.32 Å². The van der Waals surface area contributed by atoms with Crippen LogP contribution in [0.5, 0.6) is 0 Å². The highest BCUT2D eigenvalue weighted by molar-refractivity contribution is 8.00. The molecule has 0 radical (unpaired) electrons. The molecule has 2 aromatic rings. The lowest BCUT2D eigenvalue weighted by Gasteiger charge is -2.31. The second-order valence-electron chi connectivity index (χ2n) is 7.92. The third-order valence-electron chi connectivity index (χ3n) is 5.74. The molecular weight excluding hydrogens is 468 g/mol. The Balaban J connectivity index is 1.61. The summed E-state index contributed by atoms with van der Waals surface area (Å²) in [6.07, 6.45) is -4.86. The van der Waals surface area contributed by atoms with Gasteiger partial charge in [0.05, 0.1) is 6.54 Å². The van der Waals surface area contributed by atoms with E-state index in [4.69, 9.17) is 23.2 Å². The molecule has 0 unspecified atom stereocenters. The van der Waals surface area contributed by atoms with Crippen molar-refractivity contribution < 1.29 is 18.0 Å². The summed E-state index contributed by atoms with van der Waals surface area (Å²) in [5, 5.41) is 3.26. The lowest BCUT2D eigenvalue weighted by molar-refractivity contribution is -0.183. The third kappa shape index (κ3) is 4.32. The van der Waals surface area contributed by atoms with Gasteiger partial charge in [-0.05, 0) is 53.9 Å². The van der Waals surface area contributed by atoms with Crippen molar-refractivity contribution in [3.63, 3.8) is 0 Å². The molecule has 1 saturated heterocycles. The van der Waals surface area contributed by atoms with Crippen LogP contribution in [-0.2, 0) is 5.41 Å². The molecule has 3 nitrogen and oxygen atoms in total. The normalized spacial score (nSPS) is 21.5. The number of alkyl halides is 3. The van der Waals surface area contributed by atoms with Gasteiger partial charge in [0.15, 0.2) is 0 Å². The highest BCUT2D eigenvalue weighted by Crippen LogP contribution is 2.48. The molecule has 0 bridgehead atoms. The van der Waals surface area contributed by atoms with Gasteiger partial charge in [-0.25, -0.2) is 0 Å². The van der Waals surface area contributed by atoms with Crippen LogP contribution in [-0.4, -0.2) is 41.9 Å². The van der Waals surface area contributed by atoms with Crippen molar-refractivity contribution in [3.8, 4) is 0 Å². The maximum Gasteiger partial charge on any atom is 0.400 e. The number of nitrogens with one attached hydrogen (secondary N) is 1. The van der Waals surface area contributed by atoms with Gasteiger partial charge in [0.2, 0.25) is 0 Å². The van der Waals surface area contributed by atoms with Crippen molar-refractivity contribution in [3.05, 3.63) is 68.7 Å². The van der Waals surface area contributed by atoms with Crippen LogP contribution in [0.4, 0.5) is 13.2 Å². The van der Waals surface area contributed by atoms with Crippen LogP contribution in [0.15, 0.2) is 41.4 Å². The monoisotopic (exact) mass is 486 g/mol. The van der Waals surface area contributed by atoms with Gasteiger partial charge < -0.3 is 5.32 Å². The number of hydrogen-bond donors (Lipinski definition) is 1. The summed E-state index contributed by atoms with van der Waals surface area (Å²) < 4.78 is 42.7. The summed E-state index contributed by atoms with van der Waals surface area (Å²) in [5.41, 5.74) is -0.0560. The Hall–Kier alpha value is -1.70. The number of halogens is 5. The van der Waals surface area contributed by atoms with Crippen LogP contribution in [0, 0.1) is 6.92 Å². The van der Waals surface area contributed by atoms with E-state index in [2.05, 4.69) is 10.3 Å². The first kappa shape index (κ1) is 22.5. The lowest BCUT2D eigenvalue weighted by atomic mass is 9.76. The van der Waals surface area contributed by atoms with Gasteiger partial charge in [0.1, 0.15) is 5.41 Å². The van der Waals surface area contributed by atoms with Crippen molar-refractivity contribution in [2.75, 3.05) is 18.1 Å². The van der Waals surface area contributed by atoms with E-state index in [9.17, 15) is 18.0 Å². The van der Waals surface area contributed by atoms with Crippen LogP contribution in [0.2, 0.25) is 10.0 Å². The van der Waals surface area contributed by atoms with E-state index in [1.165, 1.54) is 18.2 Å². The number of amides is 1. The predicted molar refractivity (Wildman–Crippen MR) is 120 cm³/mol. The van der Waals surface area contributed by atoms with E-state index < -0.39 is 18.1 Å². The van der Waals surface area contributed by atoms with Gasteiger partial charge in [0, 0.05) is 45.3 Å². The molecule has 2 aliphatic heterocycles. The van der Waals surface area contributed by atoms with Crippen molar-refractivity contribution >= 4 is 46.6 Å². The summed E-state index contributed by atoms with van der Waals surface area (Å²) in [7, 11) is 0. The van der Waals surface area contributed by atoms with Crippen molar-refractivity contribution in [1.29, 1.82) is 0 Å². The molecule has 0 aliphatic carbocycles. The van der Waals surface area contributed by atoms with Crippen molar-refractivity contribution in [2.24, 2.45) is 4.99 Å². The molecule has 9 heteroatoms. The third-order valence-corrected chi connectivity index (χ3v) is 7.46. The van der Waals surface area contributed by atoms with Gasteiger partial charge in [0.25, 0.3) is 5.91 Å².